The minimum Gasteiger partial charge on any atom is -0.391 e. The van der Waals surface area contributed by atoms with Gasteiger partial charge in [0.1, 0.15) is 6.10 Å². The molecule has 1 aliphatic rings. The summed E-state index contributed by atoms with van der Waals surface area (Å²) in [6, 6.07) is 0. The smallest absolute Gasteiger partial charge is 0.104 e. The van der Waals surface area contributed by atoms with Gasteiger partial charge in [0.15, 0.2) is 0 Å². The first-order valence-corrected chi connectivity index (χ1v) is 3.16. The van der Waals surface area contributed by atoms with E-state index >= 15 is 0 Å². The van der Waals surface area contributed by atoms with Crippen molar-refractivity contribution in [3.8, 4) is 0 Å². The van der Waals surface area contributed by atoms with Gasteiger partial charge in [-0.2, -0.15) is 0 Å². The van der Waals surface area contributed by atoms with Gasteiger partial charge in [0.05, 0.1) is 25.9 Å². The Bertz CT molecular complexity index is 76.4. The number of rotatable bonds is 4. The van der Waals surface area contributed by atoms with Gasteiger partial charge in [0, 0.05) is 0 Å². The molecule has 0 amide bonds. The van der Waals surface area contributed by atoms with Crippen LogP contribution in [0.3, 0.4) is 0 Å². The van der Waals surface area contributed by atoms with E-state index in [1.165, 1.54) is 0 Å². The molecule has 54 valence electrons. The molecule has 0 aromatic carbocycles. The van der Waals surface area contributed by atoms with Gasteiger partial charge in [-0.25, -0.2) is 0 Å². The lowest BCUT2D eigenvalue weighted by molar-refractivity contribution is 0.0392. The zero-order chi connectivity index (χ0) is 6.69. The summed E-state index contributed by atoms with van der Waals surface area (Å²) in [7, 11) is 0. The van der Waals surface area contributed by atoms with Gasteiger partial charge in [-0.15, -0.1) is 0 Å². The highest BCUT2D eigenvalue weighted by molar-refractivity contribution is 4.67. The SMILES string of the molecule is CC(O)COCC1CO1. The Morgan fingerprint density at radius 1 is 1.89 bits per heavy atom. The second-order valence-electron chi connectivity index (χ2n) is 2.34. The lowest BCUT2D eigenvalue weighted by Crippen LogP contribution is -2.13. The van der Waals surface area contributed by atoms with Crippen LogP contribution in [0.15, 0.2) is 0 Å². The molecular weight excluding hydrogens is 120 g/mol. The molecule has 1 fully saturated rings. The molecule has 2 atom stereocenters. The Morgan fingerprint density at radius 2 is 2.56 bits per heavy atom. The third-order valence-electron chi connectivity index (χ3n) is 1.07. The zero-order valence-corrected chi connectivity index (χ0v) is 5.54. The van der Waals surface area contributed by atoms with Crippen LogP contribution in [0.4, 0.5) is 0 Å². The van der Waals surface area contributed by atoms with Crippen molar-refractivity contribution in [3.05, 3.63) is 0 Å². The Morgan fingerprint density at radius 3 is 3.00 bits per heavy atom. The van der Waals surface area contributed by atoms with Crippen LogP contribution in [0.25, 0.3) is 0 Å². The molecule has 0 radical (unpaired) electrons. The maximum Gasteiger partial charge on any atom is 0.104 e. The summed E-state index contributed by atoms with van der Waals surface area (Å²) in [6.07, 6.45) is -0.0486. The molecule has 1 aliphatic heterocycles. The van der Waals surface area contributed by atoms with E-state index in [0.717, 1.165) is 6.61 Å². The van der Waals surface area contributed by atoms with Gasteiger partial charge < -0.3 is 14.6 Å². The second kappa shape index (κ2) is 3.15. The average molecular weight is 132 g/mol. The fourth-order valence-corrected chi connectivity index (χ4v) is 0.534. The normalized spacial score (nSPS) is 28.0. The standard InChI is InChI=1S/C6H12O3/c1-5(7)2-8-3-6-4-9-6/h5-7H,2-4H2,1H3. The maximum atomic E-state index is 8.72. The monoisotopic (exact) mass is 132 g/mol. The minimum absolute atomic E-state index is 0.309. The minimum atomic E-state index is -0.358. The van der Waals surface area contributed by atoms with Crippen molar-refractivity contribution in [1.82, 2.24) is 0 Å². The van der Waals surface area contributed by atoms with Crippen LogP contribution in [0.5, 0.6) is 0 Å². The molecule has 0 saturated carbocycles. The predicted octanol–water partition coefficient (Wildman–Crippen LogP) is -0.217. The summed E-state index contributed by atoms with van der Waals surface area (Å²) in [5, 5.41) is 8.72. The molecular formula is C6H12O3. The first-order chi connectivity index (χ1) is 4.29. The number of aliphatic hydroxyl groups is 1. The van der Waals surface area contributed by atoms with Gasteiger partial charge in [0.2, 0.25) is 0 Å². The van der Waals surface area contributed by atoms with E-state index in [4.69, 9.17) is 14.6 Å². The van der Waals surface area contributed by atoms with Crippen LogP contribution in [-0.4, -0.2) is 37.1 Å². The Labute approximate surface area is 54.6 Å². The van der Waals surface area contributed by atoms with Crippen LogP contribution >= 0.6 is 0 Å². The van der Waals surface area contributed by atoms with E-state index in [-0.39, 0.29) is 6.10 Å². The van der Waals surface area contributed by atoms with Crippen molar-refractivity contribution in [2.75, 3.05) is 19.8 Å². The van der Waals surface area contributed by atoms with Crippen molar-refractivity contribution in [2.24, 2.45) is 0 Å². The predicted molar refractivity (Wildman–Crippen MR) is 32.2 cm³/mol. The van der Waals surface area contributed by atoms with E-state index in [1.54, 1.807) is 6.92 Å². The van der Waals surface area contributed by atoms with E-state index < -0.39 is 0 Å². The first-order valence-electron chi connectivity index (χ1n) is 3.16. The first kappa shape index (κ1) is 6.99. The molecule has 1 rings (SSSR count). The fraction of sp³-hybridized carbons (Fsp3) is 1.00. The van der Waals surface area contributed by atoms with Crippen LogP contribution in [0.1, 0.15) is 6.92 Å². The summed E-state index contributed by atoms with van der Waals surface area (Å²) in [5.74, 6) is 0. The van der Waals surface area contributed by atoms with E-state index in [2.05, 4.69) is 0 Å². The second-order valence-corrected chi connectivity index (χ2v) is 2.34. The number of hydrogen-bond acceptors (Lipinski definition) is 3. The summed E-state index contributed by atoms with van der Waals surface area (Å²) < 4.78 is 9.93. The molecule has 1 saturated heterocycles. The van der Waals surface area contributed by atoms with Crippen molar-refractivity contribution < 1.29 is 14.6 Å². The largest absolute Gasteiger partial charge is 0.391 e. The molecule has 2 unspecified atom stereocenters. The highest BCUT2D eigenvalue weighted by Crippen LogP contribution is 2.08. The summed E-state index contributed by atoms with van der Waals surface area (Å²) in [5.41, 5.74) is 0. The summed E-state index contributed by atoms with van der Waals surface area (Å²) in [6.45, 7) is 3.57. The van der Waals surface area contributed by atoms with Crippen LogP contribution in [0, 0.1) is 0 Å². The summed E-state index contributed by atoms with van der Waals surface area (Å²) in [4.78, 5) is 0. The topological polar surface area (TPSA) is 42.0 Å². The Hall–Kier alpha value is -0.120. The van der Waals surface area contributed by atoms with E-state index in [0.29, 0.717) is 19.3 Å². The van der Waals surface area contributed by atoms with Crippen LogP contribution in [0.2, 0.25) is 0 Å². The van der Waals surface area contributed by atoms with E-state index in [9.17, 15) is 0 Å². The fourth-order valence-electron chi connectivity index (χ4n) is 0.534. The molecule has 3 nitrogen and oxygen atoms in total. The molecule has 1 heterocycles. The van der Waals surface area contributed by atoms with Crippen molar-refractivity contribution in [3.63, 3.8) is 0 Å². The maximum absolute atomic E-state index is 8.72. The number of aliphatic hydroxyl groups excluding tert-OH is 1. The molecule has 0 bridgehead atoms. The molecule has 0 aromatic rings. The Kier molecular flexibility index (Phi) is 2.45. The Balaban J connectivity index is 1.81. The number of epoxide rings is 1. The molecule has 1 N–H and O–H groups in total. The lowest BCUT2D eigenvalue weighted by Gasteiger charge is -2.02. The third kappa shape index (κ3) is 3.46. The lowest BCUT2D eigenvalue weighted by atomic mass is 10.4. The molecule has 0 aromatic heterocycles. The van der Waals surface area contributed by atoms with Gasteiger partial charge in [-0.1, -0.05) is 0 Å². The van der Waals surface area contributed by atoms with Crippen molar-refractivity contribution in [1.29, 1.82) is 0 Å². The zero-order valence-electron chi connectivity index (χ0n) is 5.54. The third-order valence-corrected chi connectivity index (χ3v) is 1.07. The molecule has 3 heteroatoms. The van der Waals surface area contributed by atoms with Gasteiger partial charge >= 0.3 is 0 Å². The van der Waals surface area contributed by atoms with Crippen LogP contribution in [-0.2, 0) is 9.47 Å². The van der Waals surface area contributed by atoms with Crippen molar-refractivity contribution >= 4 is 0 Å². The van der Waals surface area contributed by atoms with E-state index in [1.807, 2.05) is 0 Å². The average Bonchev–Trinajstić information content (AvgIpc) is 2.48. The molecule has 0 spiro atoms. The van der Waals surface area contributed by atoms with Gasteiger partial charge in [-0.05, 0) is 6.92 Å². The number of ether oxygens (including phenoxy) is 2. The van der Waals surface area contributed by atoms with Crippen molar-refractivity contribution in [2.45, 2.75) is 19.1 Å². The highest BCUT2D eigenvalue weighted by Gasteiger charge is 2.22. The molecule has 9 heavy (non-hydrogen) atoms. The highest BCUT2D eigenvalue weighted by atomic mass is 16.6. The quantitative estimate of drug-likeness (QED) is 0.538. The summed E-state index contributed by atoms with van der Waals surface area (Å²) >= 11 is 0. The van der Waals surface area contributed by atoms with Gasteiger partial charge in [-0.3, -0.25) is 0 Å². The molecule has 0 aliphatic carbocycles. The van der Waals surface area contributed by atoms with Gasteiger partial charge in [0.25, 0.3) is 0 Å². The number of hydrogen-bond donors (Lipinski definition) is 1. The van der Waals surface area contributed by atoms with Crippen LogP contribution < -0.4 is 0 Å².